The fourth-order valence-corrected chi connectivity index (χ4v) is 2.10. The smallest absolute Gasteiger partial charge is 0.234 e. The van der Waals surface area contributed by atoms with Gasteiger partial charge < -0.3 is 11.1 Å². The molecule has 0 saturated carbocycles. The molecule has 0 bridgehead atoms. The lowest BCUT2D eigenvalue weighted by Crippen LogP contribution is -2.37. The van der Waals surface area contributed by atoms with Gasteiger partial charge in [-0.3, -0.25) is 14.4 Å². The van der Waals surface area contributed by atoms with Gasteiger partial charge in [0.05, 0.1) is 24.7 Å². The molecule has 0 fully saturated rings. The summed E-state index contributed by atoms with van der Waals surface area (Å²) in [6.45, 7) is 6.03. The summed E-state index contributed by atoms with van der Waals surface area (Å²) in [6.07, 6.45) is 1.65. The molecule has 8 heteroatoms. The van der Waals surface area contributed by atoms with Crippen LogP contribution in [0.4, 0.5) is 5.82 Å². The van der Waals surface area contributed by atoms with Crippen LogP contribution in [0.5, 0.6) is 0 Å². The number of rotatable bonds is 6. The molecule has 0 aliphatic rings. The molecule has 8 nitrogen and oxygen atoms in total. The first-order chi connectivity index (χ1) is 10.0. The minimum absolute atomic E-state index is 0.00562. The van der Waals surface area contributed by atoms with Crippen LogP contribution >= 0.6 is 0 Å². The number of anilines is 1. The first-order valence-corrected chi connectivity index (χ1v) is 6.98. The predicted octanol–water partition coefficient (Wildman–Crippen LogP) is -0.0965. The molecule has 0 atom stereocenters. The lowest BCUT2D eigenvalue weighted by molar-refractivity contribution is -0.122. The molecule has 1 amide bonds. The minimum Gasteiger partial charge on any atom is -0.383 e. The van der Waals surface area contributed by atoms with E-state index in [9.17, 15) is 4.79 Å². The quantitative estimate of drug-likeness (QED) is 0.771. The van der Waals surface area contributed by atoms with Crippen molar-refractivity contribution in [3.05, 3.63) is 12.0 Å². The Labute approximate surface area is 123 Å². The van der Waals surface area contributed by atoms with E-state index in [-0.39, 0.29) is 5.91 Å². The summed E-state index contributed by atoms with van der Waals surface area (Å²) >= 11 is 0. The van der Waals surface area contributed by atoms with Crippen LogP contribution in [0, 0.1) is 0 Å². The van der Waals surface area contributed by atoms with Crippen LogP contribution in [0.25, 0.3) is 11.0 Å². The molecule has 0 saturated heterocycles. The Bertz CT molecular complexity index is 637. The largest absolute Gasteiger partial charge is 0.383 e. The number of nitrogen functional groups attached to an aromatic ring is 1. The number of nitrogens with two attached hydrogens (primary N) is 1. The molecule has 2 heterocycles. The van der Waals surface area contributed by atoms with Crippen molar-refractivity contribution in [2.24, 2.45) is 7.05 Å². The van der Waals surface area contributed by atoms with Crippen molar-refractivity contribution in [3.63, 3.8) is 0 Å². The van der Waals surface area contributed by atoms with E-state index in [0.29, 0.717) is 36.9 Å². The average Bonchev–Trinajstić information content (AvgIpc) is 2.80. The number of nitrogens with zero attached hydrogens (tertiary/aromatic N) is 5. The second kappa shape index (κ2) is 6.49. The van der Waals surface area contributed by atoms with Crippen molar-refractivity contribution in [1.29, 1.82) is 0 Å². The van der Waals surface area contributed by atoms with E-state index in [1.165, 1.54) is 0 Å². The van der Waals surface area contributed by atoms with Crippen molar-refractivity contribution >= 4 is 22.8 Å². The standard InChI is InChI=1S/C13H21N7O/c1-4-15-11(21)8-20(5-2)7-10-17-12(14)9-6-16-19(3)13(9)18-10/h6H,4-5,7-8H2,1-3H3,(H,15,21)(H2,14,17,18). The zero-order chi connectivity index (χ0) is 15.4. The Hall–Kier alpha value is -2.22. The first-order valence-electron chi connectivity index (χ1n) is 6.98. The normalized spacial score (nSPS) is 11.2. The van der Waals surface area contributed by atoms with Gasteiger partial charge in [0.1, 0.15) is 11.6 Å². The van der Waals surface area contributed by atoms with E-state index in [2.05, 4.69) is 20.4 Å². The van der Waals surface area contributed by atoms with Crippen molar-refractivity contribution in [2.45, 2.75) is 20.4 Å². The van der Waals surface area contributed by atoms with Crippen LogP contribution < -0.4 is 11.1 Å². The molecule has 3 N–H and O–H groups in total. The average molecular weight is 291 g/mol. The molecule has 21 heavy (non-hydrogen) atoms. The van der Waals surface area contributed by atoms with Gasteiger partial charge in [-0.1, -0.05) is 6.92 Å². The highest BCUT2D eigenvalue weighted by Gasteiger charge is 2.14. The third kappa shape index (κ3) is 3.46. The van der Waals surface area contributed by atoms with Crippen molar-refractivity contribution < 1.29 is 4.79 Å². The van der Waals surface area contributed by atoms with Crippen molar-refractivity contribution in [2.75, 3.05) is 25.4 Å². The van der Waals surface area contributed by atoms with Gasteiger partial charge in [0.25, 0.3) is 0 Å². The van der Waals surface area contributed by atoms with Crippen LogP contribution in [-0.2, 0) is 18.4 Å². The van der Waals surface area contributed by atoms with E-state index >= 15 is 0 Å². The Kier molecular flexibility index (Phi) is 4.69. The molecule has 0 aromatic carbocycles. The number of aromatic nitrogens is 4. The van der Waals surface area contributed by atoms with Crippen LogP contribution in [0.3, 0.4) is 0 Å². The summed E-state index contributed by atoms with van der Waals surface area (Å²) in [4.78, 5) is 22.4. The maximum absolute atomic E-state index is 11.7. The molecule has 0 spiro atoms. The number of amides is 1. The zero-order valence-electron chi connectivity index (χ0n) is 12.6. The van der Waals surface area contributed by atoms with Crippen molar-refractivity contribution in [1.82, 2.24) is 30.0 Å². The van der Waals surface area contributed by atoms with E-state index in [1.54, 1.807) is 10.9 Å². The van der Waals surface area contributed by atoms with Gasteiger partial charge in [0, 0.05) is 13.6 Å². The predicted molar refractivity (Wildman–Crippen MR) is 80.4 cm³/mol. The third-order valence-electron chi connectivity index (χ3n) is 3.22. The molecule has 0 aliphatic carbocycles. The monoisotopic (exact) mass is 291 g/mol. The highest BCUT2D eigenvalue weighted by Crippen LogP contribution is 2.16. The van der Waals surface area contributed by atoms with E-state index in [4.69, 9.17) is 5.73 Å². The van der Waals surface area contributed by atoms with Gasteiger partial charge in [0.2, 0.25) is 5.91 Å². The number of carbonyl (C=O) groups is 1. The van der Waals surface area contributed by atoms with Crippen LogP contribution in [0.15, 0.2) is 6.20 Å². The van der Waals surface area contributed by atoms with Crippen LogP contribution in [0.1, 0.15) is 19.7 Å². The number of fused-ring (bicyclic) bond motifs is 1. The summed E-state index contributed by atoms with van der Waals surface area (Å²) < 4.78 is 1.66. The van der Waals surface area contributed by atoms with Gasteiger partial charge >= 0.3 is 0 Å². The van der Waals surface area contributed by atoms with Gasteiger partial charge in [0.15, 0.2) is 5.65 Å². The van der Waals surface area contributed by atoms with E-state index in [0.717, 1.165) is 11.9 Å². The Morgan fingerprint density at radius 2 is 2.19 bits per heavy atom. The summed E-state index contributed by atoms with van der Waals surface area (Å²) in [6, 6.07) is 0. The number of likely N-dealkylation sites (N-methyl/N-ethyl adjacent to an activating group) is 2. The summed E-state index contributed by atoms with van der Waals surface area (Å²) in [5, 5.41) is 7.65. The molecule has 0 aliphatic heterocycles. The summed E-state index contributed by atoms with van der Waals surface area (Å²) in [5.41, 5.74) is 6.63. The fourth-order valence-electron chi connectivity index (χ4n) is 2.10. The molecule has 114 valence electrons. The van der Waals surface area contributed by atoms with Crippen molar-refractivity contribution in [3.8, 4) is 0 Å². The summed E-state index contributed by atoms with van der Waals surface area (Å²) in [5.74, 6) is 1.00. The number of hydrogen-bond donors (Lipinski definition) is 2. The number of hydrogen-bond acceptors (Lipinski definition) is 6. The maximum Gasteiger partial charge on any atom is 0.234 e. The van der Waals surface area contributed by atoms with E-state index < -0.39 is 0 Å². The molecule has 0 unspecified atom stereocenters. The third-order valence-corrected chi connectivity index (χ3v) is 3.22. The second-order valence-electron chi connectivity index (χ2n) is 4.79. The highest BCUT2D eigenvalue weighted by atomic mass is 16.2. The van der Waals surface area contributed by atoms with Gasteiger partial charge in [-0.05, 0) is 13.5 Å². The van der Waals surface area contributed by atoms with Crippen LogP contribution in [0.2, 0.25) is 0 Å². The number of aryl methyl sites for hydroxylation is 1. The van der Waals surface area contributed by atoms with Gasteiger partial charge in [-0.2, -0.15) is 5.10 Å². The molecule has 2 rings (SSSR count). The SMILES string of the molecule is CCNC(=O)CN(CC)Cc1nc(N)c2cnn(C)c2n1. The topological polar surface area (TPSA) is 102 Å². The zero-order valence-corrected chi connectivity index (χ0v) is 12.6. The Morgan fingerprint density at radius 3 is 2.86 bits per heavy atom. The maximum atomic E-state index is 11.7. The molecule has 2 aromatic heterocycles. The molecular weight excluding hydrogens is 270 g/mol. The van der Waals surface area contributed by atoms with Crippen LogP contribution in [-0.4, -0.2) is 50.2 Å². The fraction of sp³-hybridized carbons (Fsp3) is 0.538. The minimum atomic E-state index is -0.00562. The Balaban J connectivity index is 2.17. The summed E-state index contributed by atoms with van der Waals surface area (Å²) in [7, 11) is 1.81. The molecular formula is C13H21N7O. The lowest BCUT2D eigenvalue weighted by atomic mass is 10.3. The first kappa shape index (κ1) is 15.2. The van der Waals surface area contributed by atoms with Gasteiger partial charge in [-0.15, -0.1) is 0 Å². The molecule has 0 radical (unpaired) electrons. The molecule has 2 aromatic rings. The lowest BCUT2D eigenvalue weighted by Gasteiger charge is -2.18. The number of nitrogens with one attached hydrogen (secondary N) is 1. The van der Waals surface area contributed by atoms with Gasteiger partial charge in [-0.25, -0.2) is 9.97 Å². The Morgan fingerprint density at radius 1 is 1.43 bits per heavy atom. The van der Waals surface area contributed by atoms with E-state index in [1.807, 2.05) is 25.8 Å². The highest BCUT2D eigenvalue weighted by molar-refractivity contribution is 5.84. The second-order valence-corrected chi connectivity index (χ2v) is 4.79. The number of carbonyl (C=O) groups excluding carboxylic acids is 1.